The summed E-state index contributed by atoms with van der Waals surface area (Å²) in [6, 6.07) is 13.7. The summed E-state index contributed by atoms with van der Waals surface area (Å²) in [5.41, 5.74) is 5.10. The molecule has 1 aliphatic heterocycles. The lowest BCUT2D eigenvalue weighted by molar-refractivity contribution is 0.00578. The van der Waals surface area contributed by atoms with Gasteiger partial charge in [0.2, 0.25) is 0 Å². The molecular weight excluding hydrogens is 517 g/mol. The van der Waals surface area contributed by atoms with E-state index in [2.05, 4.69) is 116 Å². The van der Waals surface area contributed by atoms with Crippen LogP contribution < -0.4 is 9.51 Å². The van der Waals surface area contributed by atoms with Crippen LogP contribution in [0.15, 0.2) is 41.8 Å². The van der Waals surface area contributed by atoms with Crippen molar-refractivity contribution >= 4 is 45.0 Å². The number of thiophene rings is 1. The van der Waals surface area contributed by atoms with E-state index in [4.69, 9.17) is 18.8 Å². The van der Waals surface area contributed by atoms with E-state index in [1.807, 2.05) is 6.92 Å². The van der Waals surface area contributed by atoms with E-state index in [-0.39, 0.29) is 17.6 Å². The summed E-state index contributed by atoms with van der Waals surface area (Å²) < 4.78 is 28.2. The fourth-order valence-corrected chi connectivity index (χ4v) is 6.09. The molecule has 1 aliphatic rings. The molecule has 5 rings (SSSR count). The highest BCUT2D eigenvalue weighted by Crippen LogP contribution is 2.42. The Morgan fingerprint density at radius 3 is 1.77 bits per heavy atom. The average Bonchev–Trinajstić information content (AvgIpc) is 3.46. The highest BCUT2D eigenvalue weighted by atomic mass is 32.1. The molecule has 4 aromatic rings. The summed E-state index contributed by atoms with van der Waals surface area (Å²) in [7, 11) is -0.520. The molecule has 40 heavy (non-hydrogen) atoms. The van der Waals surface area contributed by atoms with Gasteiger partial charge in [0.15, 0.2) is 12.5 Å². The quantitative estimate of drug-likeness (QED) is 0.136. The number of rotatable bonds is 6. The van der Waals surface area contributed by atoms with Crippen LogP contribution >= 0.6 is 11.3 Å². The molecule has 1 fully saturated rings. The molecule has 214 valence electrons. The maximum Gasteiger partial charge on any atom is 0.509 e. The van der Waals surface area contributed by atoms with Crippen molar-refractivity contribution in [3.63, 3.8) is 0 Å². The van der Waals surface area contributed by atoms with Crippen molar-refractivity contribution in [2.75, 3.05) is 13.4 Å². The monoisotopic (exact) mass is 561 g/mol. The standard InChI is InChI=1S/C33H44BNO4S/c1-12-36-20-37-28-27(19-40-29(28)34-38-32(8,9)33(10,11)39-34)35-25-15-13-21(30(2,3)4)17-23(25)24-18-22(31(5,6)7)14-16-26(24)35/h13-19H,12,20H2,1-11H3. The van der Waals surface area contributed by atoms with Crippen molar-refractivity contribution in [2.45, 2.75) is 98.2 Å². The Balaban J connectivity index is 1.76. The van der Waals surface area contributed by atoms with Crippen molar-refractivity contribution in [3.8, 4) is 11.4 Å². The SMILES string of the molecule is CCOCOc1c(-n2c3ccc(C(C)(C)C)cc3c3cc(C(C)(C)C)ccc32)csc1B1OC(C)(C)C(C)(C)O1. The van der Waals surface area contributed by atoms with Crippen LogP contribution in [0.1, 0.15) is 87.3 Å². The third kappa shape index (κ3) is 5.00. The summed E-state index contributed by atoms with van der Waals surface area (Å²) >= 11 is 1.61. The molecule has 0 amide bonds. The highest BCUT2D eigenvalue weighted by molar-refractivity contribution is 7.21. The number of hydrogen-bond acceptors (Lipinski definition) is 5. The zero-order valence-corrected chi connectivity index (χ0v) is 26.8. The number of ether oxygens (including phenoxy) is 2. The second-order valence-electron chi connectivity index (χ2n) is 14.0. The van der Waals surface area contributed by atoms with Crippen molar-refractivity contribution in [3.05, 3.63) is 52.9 Å². The van der Waals surface area contributed by atoms with Gasteiger partial charge in [-0.05, 0) is 80.8 Å². The van der Waals surface area contributed by atoms with E-state index >= 15 is 0 Å². The average molecular weight is 562 g/mol. The van der Waals surface area contributed by atoms with Crippen molar-refractivity contribution in [1.29, 1.82) is 0 Å². The predicted molar refractivity (Wildman–Crippen MR) is 169 cm³/mol. The molecule has 0 aliphatic carbocycles. The Morgan fingerprint density at radius 2 is 1.32 bits per heavy atom. The Morgan fingerprint density at radius 1 is 0.825 bits per heavy atom. The Bertz CT molecular complexity index is 1460. The van der Waals surface area contributed by atoms with Crippen LogP contribution in [-0.2, 0) is 24.9 Å². The van der Waals surface area contributed by atoms with Crippen LogP contribution in [-0.4, -0.2) is 36.3 Å². The summed E-state index contributed by atoms with van der Waals surface area (Å²) in [5.74, 6) is 0.746. The minimum atomic E-state index is -0.520. The number of hydrogen-bond donors (Lipinski definition) is 0. The van der Waals surface area contributed by atoms with Gasteiger partial charge >= 0.3 is 7.12 Å². The molecule has 5 nitrogen and oxygen atoms in total. The molecule has 0 radical (unpaired) electrons. The number of fused-ring (bicyclic) bond motifs is 3. The molecule has 7 heteroatoms. The summed E-state index contributed by atoms with van der Waals surface area (Å²) in [4.78, 5) is 0. The van der Waals surface area contributed by atoms with Gasteiger partial charge in [-0.1, -0.05) is 53.7 Å². The molecule has 0 spiro atoms. The van der Waals surface area contributed by atoms with Gasteiger partial charge in [0.25, 0.3) is 0 Å². The van der Waals surface area contributed by atoms with E-state index < -0.39 is 18.3 Å². The summed E-state index contributed by atoms with van der Waals surface area (Å²) in [5, 5.41) is 4.65. The second-order valence-corrected chi connectivity index (χ2v) is 14.9. The smallest absolute Gasteiger partial charge is 0.465 e. The first-order valence-electron chi connectivity index (χ1n) is 14.3. The van der Waals surface area contributed by atoms with Crippen LogP contribution in [0.5, 0.6) is 5.75 Å². The topological polar surface area (TPSA) is 41.9 Å². The fraction of sp³-hybridized carbons (Fsp3) is 0.515. The van der Waals surface area contributed by atoms with E-state index in [0.29, 0.717) is 6.61 Å². The maximum atomic E-state index is 6.47. The van der Waals surface area contributed by atoms with Crippen LogP contribution in [0.25, 0.3) is 27.5 Å². The van der Waals surface area contributed by atoms with Crippen molar-refractivity contribution < 1.29 is 18.8 Å². The van der Waals surface area contributed by atoms with Gasteiger partial charge in [0, 0.05) is 22.8 Å². The van der Waals surface area contributed by atoms with Gasteiger partial charge in [-0.3, -0.25) is 0 Å². The lowest BCUT2D eigenvalue weighted by atomic mass is 9.85. The molecule has 0 N–H and O–H groups in total. The normalized spacial score (nSPS) is 17.3. The molecular formula is C33H44BNO4S. The van der Waals surface area contributed by atoms with Crippen molar-refractivity contribution in [2.24, 2.45) is 0 Å². The van der Waals surface area contributed by atoms with Gasteiger partial charge in [-0.15, -0.1) is 11.3 Å². The molecule has 1 saturated heterocycles. The van der Waals surface area contributed by atoms with Gasteiger partial charge in [0.05, 0.1) is 32.7 Å². The van der Waals surface area contributed by atoms with Gasteiger partial charge in [0.1, 0.15) is 0 Å². The first kappa shape index (κ1) is 29.2. The Kier molecular flexibility index (Phi) is 7.23. The number of benzene rings is 2. The van der Waals surface area contributed by atoms with Crippen LogP contribution in [0, 0.1) is 0 Å². The Hall–Kier alpha value is -2.32. The predicted octanol–water partition coefficient (Wildman–Crippen LogP) is 8.11. The lowest BCUT2D eigenvalue weighted by Gasteiger charge is -2.32. The van der Waals surface area contributed by atoms with Gasteiger partial charge in [-0.25, -0.2) is 0 Å². The lowest BCUT2D eigenvalue weighted by Crippen LogP contribution is -2.41. The molecule has 3 heterocycles. The van der Waals surface area contributed by atoms with Crippen LogP contribution in [0.4, 0.5) is 0 Å². The zero-order chi connectivity index (χ0) is 29.3. The van der Waals surface area contributed by atoms with E-state index in [1.165, 1.54) is 21.9 Å². The molecule has 0 saturated carbocycles. The van der Waals surface area contributed by atoms with E-state index in [1.54, 1.807) is 11.3 Å². The molecule has 0 atom stereocenters. The third-order valence-electron chi connectivity index (χ3n) is 8.45. The van der Waals surface area contributed by atoms with Crippen LogP contribution in [0.2, 0.25) is 0 Å². The molecule has 0 unspecified atom stereocenters. The molecule has 2 aromatic heterocycles. The number of aromatic nitrogens is 1. The fourth-order valence-electron chi connectivity index (χ4n) is 5.16. The van der Waals surface area contributed by atoms with E-state index in [0.717, 1.165) is 27.2 Å². The van der Waals surface area contributed by atoms with Gasteiger partial charge < -0.3 is 23.3 Å². The second kappa shape index (κ2) is 9.90. The van der Waals surface area contributed by atoms with E-state index in [9.17, 15) is 0 Å². The largest absolute Gasteiger partial charge is 0.509 e. The maximum absolute atomic E-state index is 6.47. The van der Waals surface area contributed by atoms with Crippen molar-refractivity contribution in [1.82, 2.24) is 4.57 Å². The first-order valence-corrected chi connectivity index (χ1v) is 15.2. The molecule has 0 bridgehead atoms. The summed E-state index contributed by atoms with van der Waals surface area (Å²) in [6.07, 6.45) is 0. The number of nitrogens with zero attached hydrogens (tertiary/aromatic N) is 1. The zero-order valence-electron chi connectivity index (χ0n) is 26.0. The van der Waals surface area contributed by atoms with Gasteiger partial charge in [-0.2, -0.15) is 0 Å². The minimum Gasteiger partial charge on any atom is -0.465 e. The first-order chi connectivity index (χ1) is 18.5. The minimum absolute atomic E-state index is 0.0440. The highest BCUT2D eigenvalue weighted by Gasteiger charge is 2.53. The molecule has 2 aromatic carbocycles. The third-order valence-corrected chi connectivity index (χ3v) is 9.42. The van der Waals surface area contributed by atoms with Crippen LogP contribution in [0.3, 0.4) is 0 Å². The Labute approximate surface area is 243 Å². The summed E-state index contributed by atoms with van der Waals surface area (Å²) in [6.45, 7) is 24.6.